The van der Waals surface area contributed by atoms with Gasteiger partial charge in [-0.15, -0.1) is 12.4 Å². The Kier molecular flexibility index (Phi) is 3.14. The van der Waals surface area contributed by atoms with Crippen molar-refractivity contribution in [3.8, 4) is 0 Å². The summed E-state index contributed by atoms with van der Waals surface area (Å²) in [6, 6.07) is 0.278. The molecule has 2 N–H and O–H groups in total. The van der Waals surface area contributed by atoms with Crippen LogP contribution in [0, 0.1) is 0 Å². The molecule has 0 aromatic carbocycles. The molecule has 1 saturated carbocycles. The van der Waals surface area contributed by atoms with Crippen LogP contribution in [-0.2, 0) is 4.74 Å². The summed E-state index contributed by atoms with van der Waals surface area (Å²) in [6.07, 6.45) is 1.33. The molecule has 2 unspecified atom stereocenters. The summed E-state index contributed by atoms with van der Waals surface area (Å²) < 4.78 is 5.54. The van der Waals surface area contributed by atoms with Crippen LogP contribution in [0.4, 0.5) is 0 Å². The highest BCUT2D eigenvalue weighted by atomic mass is 35.5. The smallest absolute Gasteiger partial charge is 0.0825 e. The third-order valence-electron chi connectivity index (χ3n) is 1.75. The van der Waals surface area contributed by atoms with E-state index < -0.39 is 0 Å². The third-order valence-corrected chi connectivity index (χ3v) is 1.75. The Balaban J connectivity index is 0.000000810. The van der Waals surface area contributed by atoms with Gasteiger partial charge in [0, 0.05) is 6.04 Å². The van der Waals surface area contributed by atoms with E-state index in [0.29, 0.717) is 6.10 Å². The molecule has 1 aliphatic carbocycles. The molecule has 2 nitrogen and oxygen atoms in total. The van der Waals surface area contributed by atoms with Crippen LogP contribution in [0.25, 0.3) is 0 Å². The lowest BCUT2D eigenvalue weighted by molar-refractivity contribution is -0.00271. The van der Waals surface area contributed by atoms with E-state index in [2.05, 4.69) is 6.92 Å². The van der Waals surface area contributed by atoms with E-state index in [0.717, 1.165) is 6.42 Å². The van der Waals surface area contributed by atoms with Crippen LogP contribution in [-0.4, -0.2) is 17.7 Å². The molecule has 0 amide bonds. The molecule has 0 aliphatic heterocycles. The second-order valence-corrected chi connectivity index (χ2v) is 3.29. The summed E-state index contributed by atoms with van der Waals surface area (Å²) in [6.45, 7) is 6.14. The van der Waals surface area contributed by atoms with Crippen molar-refractivity contribution >= 4 is 12.4 Å². The van der Waals surface area contributed by atoms with Gasteiger partial charge in [0.1, 0.15) is 0 Å². The molecule has 0 bridgehead atoms. The molecular weight excluding hydrogens is 150 g/mol. The Morgan fingerprint density at radius 3 is 2.10 bits per heavy atom. The highest BCUT2D eigenvalue weighted by Crippen LogP contribution is 2.38. The fourth-order valence-corrected chi connectivity index (χ4v) is 1.05. The van der Waals surface area contributed by atoms with Crippen molar-refractivity contribution in [1.29, 1.82) is 0 Å². The number of ether oxygens (including phenoxy) is 1. The van der Waals surface area contributed by atoms with Gasteiger partial charge in [-0.1, -0.05) is 0 Å². The van der Waals surface area contributed by atoms with Crippen molar-refractivity contribution in [3.05, 3.63) is 0 Å². The SMILES string of the molecule is CC(C)OC1(C)CC1N.Cl. The number of hydrogen-bond donors (Lipinski definition) is 1. The lowest BCUT2D eigenvalue weighted by Crippen LogP contribution is -2.23. The minimum Gasteiger partial charge on any atom is -0.371 e. The first-order valence-electron chi connectivity index (χ1n) is 3.48. The third kappa shape index (κ3) is 2.11. The Morgan fingerprint density at radius 1 is 1.60 bits per heavy atom. The summed E-state index contributed by atoms with van der Waals surface area (Å²) in [7, 11) is 0. The fourth-order valence-electron chi connectivity index (χ4n) is 1.05. The van der Waals surface area contributed by atoms with Gasteiger partial charge in [0.05, 0.1) is 11.7 Å². The zero-order chi connectivity index (χ0) is 7.07. The largest absolute Gasteiger partial charge is 0.371 e. The van der Waals surface area contributed by atoms with Gasteiger partial charge < -0.3 is 10.5 Å². The first kappa shape index (κ1) is 10.2. The molecule has 0 radical (unpaired) electrons. The van der Waals surface area contributed by atoms with Crippen LogP contribution in [0.1, 0.15) is 27.2 Å². The van der Waals surface area contributed by atoms with E-state index >= 15 is 0 Å². The average Bonchev–Trinajstić information content (AvgIpc) is 2.10. The molecule has 0 aromatic rings. The monoisotopic (exact) mass is 165 g/mol. The molecule has 0 heterocycles. The second kappa shape index (κ2) is 3.07. The summed E-state index contributed by atoms with van der Waals surface area (Å²) in [5, 5.41) is 0. The highest BCUT2D eigenvalue weighted by Gasteiger charge is 2.49. The number of halogens is 1. The minimum absolute atomic E-state index is 0. The molecule has 1 rings (SSSR count). The van der Waals surface area contributed by atoms with Gasteiger partial charge >= 0.3 is 0 Å². The quantitative estimate of drug-likeness (QED) is 0.670. The van der Waals surface area contributed by atoms with Crippen LogP contribution < -0.4 is 5.73 Å². The molecule has 0 saturated heterocycles. The van der Waals surface area contributed by atoms with E-state index in [9.17, 15) is 0 Å². The molecule has 0 spiro atoms. The van der Waals surface area contributed by atoms with Crippen LogP contribution in [0.2, 0.25) is 0 Å². The maximum atomic E-state index is 5.62. The molecule has 2 atom stereocenters. The zero-order valence-corrected chi connectivity index (χ0v) is 7.57. The predicted octanol–water partition coefficient (Wildman–Crippen LogP) is 1.32. The van der Waals surface area contributed by atoms with Gasteiger partial charge in [-0.2, -0.15) is 0 Å². The minimum atomic E-state index is 0. The van der Waals surface area contributed by atoms with Crippen LogP contribution in [0.3, 0.4) is 0 Å². The molecular formula is C7H16ClNO. The Hall–Kier alpha value is 0.210. The maximum Gasteiger partial charge on any atom is 0.0825 e. The maximum absolute atomic E-state index is 5.62. The summed E-state index contributed by atoms with van der Waals surface area (Å²) in [5.74, 6) is 0. The van der Waals surface area contributed by atoms with Crippen molar-refractivity contribution < 1.29 is 4.74 Å². The van der Waals surface area contributed by atoms with Crippen LogP contribution in [0.5, 0.6) is 0 Å². The Morgan fingerprint density at radius 2 is 2.00 bits per heavy atom. The van der Waals surface area contributed by atoms with Gasteiger partial charge in [0.25, 0.3) is 0 Å². The van der Waals surface area contributed by atoms with Crippen molar-refractivity contribution in [3.63, 3.8) is 0 Å². The number of nitrogens with two attached hydrogens (primary N) is 1. The van der Waals surface area contributed by atoms with Gasteiger partial charge in [-0.25, -0.2) is 0 Å². The average molecular weight is 166 g/mol. The van der Waals surface area contributed by atoms with E-state index in [1.165, 1.54) is 0 Å². The zero-order valence-electron chi connectivity index (χ0n) is 6.76. The van der Waals surface area contributed by atoms with Crippen LogP contribution in [0.15, 0.2) is 0 Å². The van der Waals surface area contributed by atoms with Crippen molar-refractivity contribution in [2.24, 2.45) is 5.73 Å². The summed E-state index contributed by atoms with van der Waals surface area (Å²) in [4.78, 5) is 0. The van der Waals surface area contributed by atoms with E-state index in [-0.39, 0.29) is 24.0 Å². The van der Waals surface area contributed by atoms with Crippen molar-refractivity contribution in [1.82, 2.24) is 0 Å². The van der Waals surface area contributed by atoms with Crippen LogP contribution >= 0.6 is 12.4 Å². The molecule has 1 fully saturated rings. The molecule has 3 heteroatoms. The lowest BCUT2D eigenvalue weighted by Gasteiger charge is -2.14. The van der Waals surface area contributed by atoms with E-state index in [4.69, 9.17) is 10.5 Å². The highest BCUT2D eigenvalue weighted by molar-refractivity contribution is 5.85. The fraction of sp³-hybridized carbons (Fsp3) is 1.00. The second-order valence-electron chi connectivity index (χ2n) is 3.29. The molecule has 10 heavy (non-hydrogen) atoms. The topological polar surface area (TPSA) is 35.2 Å². The molecule has 62 valence electrons. The van der Waals surface area contributed by atoms with Gasteiger partial charge in [-0.05, 0) is 27.2 Å². The Bertz CT molecular complexity index is 118. The van der Waals surface area contributed by atoms with E-state index in [1.54, 1.807) is 0 Å². The lowest BCUT2D eigenvalue weighted by atomic mass is 10.3. The standard InChI is InChI=1S/C7H15NO.ClH/c1-5(2)9-7(3)4-6(7)8;/h5-6H,4,8H2,1-3H3;1H. The number of rotatable bonds is 2. The molecule has 1 aliphatic rings. The number of hydrogen-bond acceptors (Lipinski definition) is 2. The van der Waals surface area contributed by atoms with Crippen molar-refractivity contribution in [2.75, 3.05) is 0 Å². The van der Waals surface area contributed by atoms with E-state index in [1.807, 2.05) is 13.8 Å². The van der Waals surface area contributed by atoms with Gasteiger partial charge in [-0.3, -0.25) is 0 Å². The van der Waals surface area contributed by atoms with Gasteiger partial charge in [0.2, 0.25) is 0 Å². The Labute approximate surface area is 68.5 Å². The molecule has 0 aromatic heterocycles. The summed E-state index contributed by atoms with van der Waals surface area (Å²) in [5.41, 5.74) is 5.63. The van der Waals surface area contributed by atoms with Gasteiger partial charge in [0.15, 0.2) is 0 Å². The van der Waals surface area contributed by atoms with Crippen molar-refractivity contribution in [2.45, 2.75) is 44.9 Å². The normalized spacial score (nSPS) is 37.5. The predicted molar refractivity (Wildman–Crippen MR) is 44.5 cm³/mol. The summed E-state index contributed by atoms with van der Waals surface area (Å²) >= 11 is 0. The first-order valence-corrected chi connectivity index (χ1v) is 3.48. The first-order chi connectivity index (χ1) is 4.04.